The van der Waals surface area contributed by atoms with Gasteiger partial charge < -0.3 is 10.5 Å². The Morgan fingerprint density at radius 3 is 2.93 bits per heavy atom. The first-order valence-electron chi connectivity index (χ1n) is 5.07. The van der Waals surface area contributed by atoms with Gasteiger partial charge in [0.15, 0.2) is 0 Å². The summed E-state index contributed by atoms with van der Waals surface area (Å²) in [5.74, 6) is 0. The highest BCUT2D eigenvalue weighted by molar-refractivity contribution is 7.87. The van der Waals surface area contributed by atoms with Gasteiger partial charge in [-0.3, -0.25) is 0 Å². The van der Waals surface area contributed by atoms with Gasteiger partial charge in [0.2, 0.25) is 0 Å². The smallest absolute Gasteiger partial charge is 0.279 e. The van der Waals surface area contributed by atoms with Gasteiger partial charge in [-0.15, -0.1) is 0 Å². The van der Waals surface area contributed by atoms with Crippen LogP contribution in [0.3, 0.4) is 0 Å². The molecule has 1 aliphatic rings. The van der Waals surface area contributed by atoms with Crippen LogP contribution in [-0.4, -0.2) is 52.1 Å². The molecule has 1 aliphatic heterocycles. The first kappa shape index (κ1) is 12.9. The van der Waals surface area contributed by atoms with Crippen LogP contribution < -0.4 is 10.5 Å². The standard InChI is InChI=1S/C8H19N3O3S/c1-14-6-4-10-15(12,13)11-5-2-3-8(11)7-9/h8,10H,2-7,9H2,1H3. The van der Waals surface area contributed by atoms with E-state index in [1.807, 2.05) is 0 Å². The molecule has 0 radical (unpaired) electrons. The van der Waals surface area contributed by atoms with E-state index in [1.54, 1.807) is 0 Å². The zero-order valence-corrected chi connectivity index (χ0v) is 9.79. The molecule has 0 saturated carbocycles. The van der Waals surface area contributed by atoms with Crippen LogP contribution in [0.4, 0.5) is 0 Å². The fraction of sp³-hybridized carbons (Fsp3) is 1.00. The lowest BCUT2D eigenvalue weighted by Gasteiger charge is -2.22. The first-order chi connectivity index (χ1) is 7.11. The summed E-state index contributed by atoms with van der Waals surface area (Å²) in [7, 11) is -1.84. The lowest BCUT2D eigenvalue weighted by atomic mass is 10.2. The summed E-state index contributed by atoms with van der Waals surface area (Å²) >= 11 is 0. The summed E-state index contributed by atoms with van der Waals surface area (Å²) in [5, 5.41) is 0. The predicted octanol–water partition coefficient (Wildman–Crippen LogP) is -1.11. The first-order valence-corrected chi connectivity index (χ1v) is 6.51. The number of methoxy groups -OCH3 is 1. The van der Waals surface area contributed by atoms with Gasteiger partial charge in [0, 0.05) is 32.8 Å². The second-order valence-electron chi connectivity index (χ2n) is 3.53. The van der Waals surface area contributed by atoms with Gasteiger partial charge in [0.1, 0.15) is 0 Å². The van der Waals surface area contributed by atoms with Crippen molar-refractivity contribution in [2.75, 3.05) is 33.4 Å². The molecule has 0 bridgehead atoms. The highest BCUT2D eigenvalue weighted by Crippen LogP contribution is 2.18. The van der Waals surface area contributed by atoms with Crippen molar-refractivity contribution in [3.05, 3.63) is 0 Å². The Hall–Kier alpha value is -0.210. The van der Waals surface area contributed by atoms with E-state index in [0.717, 1.165) is 12.8 Å². The zero-order valence-electron chi connectivity index (χ0n) is 8.98. The molecule has 1 unspecified atom stereocenters. The highest BCUT2D eigenvalue weighted by atomic mass is 32.2. The van der Waals surface area contributed by atoms with Gasteiger partial charge in [-0.05, 0) is 12.8 Å². The van der Waals surface area contributed by atoms with Crippen molar-refractivity contribution >= 4 is 10.2 Å². The van der Waals surface area contributed by atoms with Crippen LogP contribution in [0.1, 0.15) is 12.8 Å². The van der Waals surface area contributed by atoms with E-state index in [0.29, 0.717) is 26.2 Å². The second kappa shape index (κ2) is 5.76. The summed E-state index contributed by atoms with van der Waals surface area (Å²) in [6, 6.07) is -0.0509. The molecule has 0 aromatic heterocycles. The summed E-state index contributed by atoms with van der Waals surface area (Å²) in [6.45, 7) is 1.61. The summed E-state index contributed by atoms with van der Waals surface area (Å²) in [4.78, 5) is 0. The number of nitrogens with one attached hydrogen (secondary N) is 1. The van der Waals surface area contributed by atoms with Gasteiger partial charge in [0.05, 0.1) is 6.61 Å². The van der Waals surface area contributed by atoms with E-state index in [2.05, 4.69) is 4.72 Å². The Morgan fingerprint density at radius 2 is 2.33 bits per heavy atom. The van der Waals surface area contributed by atoms with Crippen LogP contribution >= 0.6 is 0 Å². The molecule has 1 fully saturated rings. The van der Waals surface area contributed by atoms with Crippen molar-refractivity contribution in [1.29, 1.82) is 0 Å². The Morgan fingerprint density at radius 1 is 1.60 bits per heavy atom. The lowest BCUT2D eigenvalue weighted by Crippen LogP contribution is -2.46. The molecular weight excluding hydrogens is 218 g/mol. The molecule has 1 heterocycles. The number of nitrogens with zero attached hydrogens (tertiary/aromatic N) is 1. The van der Waals surface area contributed by atoms with Crippen LogP contribution in [0.5, 0.6) is 0 Å². The zero-order chi connectivity index (χ0) is 11.3. The maximum Gasteiger partial charge on any atom is 0.279 e. The molecule has 0 amide bonds. The van der Waals surface area contributed by atoms with Gasteiger partial charge in [-0.25, -0.2) is 0 Å². The van der Waals surface area contributed by atoms with Crippen LogP contribution in [0, 0.1) is 0 Å². The summed E-state index contributed by atoms with van der Waals surface area (Å²) < 4.78 is 32.3. The topological polar surface area (TPSA) is 84.7 Å². The van der Waals surface area contributed by atoms with Gasteiger partial charge in [-0.1, -0.05) is 0 Å². The van der Waals surface area contributed by atoms with E-state index >= 15 is 0 Å². The molecule has 15 heavy (non-hydrogen) atoms. The molecule has 1 rings (SSSR count). The summed E-state index contributed by atoms with van der Waals surface area (Å²) in [6.07, 6.45) is 1.73. The van der Waals surface area contributed by atoms with Crippen molar-refractivity contribution in [2.45, 2.75) is 18.9 Å². The third kappa shape index (κ3) is 3.39. The fourth-order valence-corrected chi connectivity index (χ4v) is 3.18. The number of hydrogen-bond donors (Lipinski definition) is 2. The minimum atomic E-state index is -3.37. The molecule has 0 aromatic carbocycles. The van der Waals surface area contributed by atoms with Crippen molar-refractivity contribution in [2.24, 2.45) is 5.73 Å². The van der Waals surface area contributed by atoms with Gasteiger partial charge >= 0.3 is 0 Å². The van der Waals surface area contributed by atoms with E-state index in [4.69, 9.17) is 10.5 Å². The monoisotopic (exact) mass is 237 g/mol. The molecule has 0 aromatic rings. The van der Waals surface area contributed by atoms with Crippen LogP contribution in [0.2, 0.25) is 0 Å². The average Bonchev–Trinajstić information content (AvgIpc) is 2.66. The van der Waals surface area contributed by atoms with Crippen molar-refractivity contribution in [1.82, 2.24) is 9.03 Å². The number of rotatable bonds is 6. The molecule has 0 spiro atoms. The molecular formula is C8H19N3O3S. The Labute approximate surface area is 90.9 Å². The van der Waals surface area contributed by atoms with E-state index in [9.17, 15) is 8.42 Å². The maximum atomic E-state index is 11.8. The molecule has 7 heteroatoms. The third-order valence-electron chi connectivity index (χ3n) is 2.49. The van der Waals surface area contributed by atoms with E-state index < -0.39 is 10.2 Å². The lowest BCUT2D eigenvalue weighted by molar-refractivity contribution is 0.203. The molecule has 3 N–H and O–H groups in total. The summed E-state index contributed by atoms with van der Waals surface area (Å²) in [5.41, 5.74) is 5.52. The maximum absolute atomic E-state index is 11.8. The average molecular weight is 237 g/mol. The quantitative estimate of drug-likeness (QED) is 0.574. The van der Waals surface area contributed by atoms with E-state index in [-0.39, 0.29) is 6.04 Å². The van der Waals surface area contributed by atoms with Crippen molar-refractivity contribution in [3.8, 4) is 0 Å². The largest absolute Gasteiger partial charge is 0.383 e. The number of hydrogen-bond acceptors (Lipinski definition) is 4. The Kier molecular flexibility index (Phi) is 4.94. The van der Waals surface area contributed by atoms with Crippen LogP contribution in [0.15, 0.2) is 0 Å². The molecule has 90 valence electrons. The molecule has 1 atom stereocenters. The third-order valence-corrected chi connectivity index (χ3v) is 4.16. The van der Waals surface area contributed by atoms with Gasteiger partial charge in [-0.2, -0.15) is 17.4 Å². The molecule has 1 saturated heterocycles. The molecule has 6 nitrogen and oxygen atoms in total. The minimum Gasteiger partial charge on any atom is -0.383 e. The van der Waals surface area contributed by atoms with Gasteiger partial charge in [0.25, 0.3) is 10.2 Å². The van der Waals surface area contributed by atoms with Crippen LogP contribution in [-0.2, 0) is 14.9 Å². The highest BCUT2D eigenvalue weighted by Gasteiger charge is 2.32. The molecule has 0 aliphatic carbocycles. The predicted molar refractivity (Wildman–Crippen MR) is 57.6 cm³/mol. The number of ether oxygens (including phenoxy) is 1. The van der Waals surface area contributed by atoms with Crippen molar-refractivity contribution < 1.29 is 13.2 Å². The fourth-order valence-electron chi connectivity index (χ4n) is 1.72. The normalized spacial score (nSPS) is 23.5. The second-order valence-corrected chi connectivity index (χ2v) is 5.24. The number of nitrogens with two attached hydrogens (primary N) is 1. The Balaban J connectivity index is 2.52. The Bertz CT molecular complexity index is 281. The minimum absolute atomic E-state index is 0.0509. The van der Waals surface area contributed by atoms with E-state index in [1.165, 1.54) is 11.4 Å². The SMILES string of the molecule is COCCNS(=O)(=O)N1CCCC1CN. The van der Waals surface area contributed by atoms with Crippen LogP contribution in [0.25, 0.3) is 0 Å². The van der Waals surface area contributed by atoms with Crippen molar-refractivity contribution in [3.63, 3.8) is 0 Å².